The Labute approximate surface area is 118 Å². The van der Waals surface area contributed by atoms with Crippen molar-refractivity contribution in [3.05, 3.63) is 0 Å². The van der Waals surface area contributed by atoms with Gasteiger partial charge >= 0.3 is 6.18 Å². The van der Waals surface area contributed by atoms with E-state index in [1.54, 1.807) is 0 Å². The molecule has 0 bridgehead atoms. The molecule has 1 fully saturated rings. The summed E-state index contributed by atoms with van der Waals surface area (Å²) in [6.07, 6.45) is -1.12. The molecule has 5 nitrogen and oxygen atoms in total. The van der Waals surface area contributed by atoms with Gasteiger partial charge in [-0.3, -0.25) is 4.90 Å². The fourth-order valence-corrected chi connectivity index (χ4v) is 3.46. The third-order valence-electron chi connectivity index (χ3n) is 3.11. The van der Waals surface area contributed by atoms with E-state index in [9.17, 15) is 21.6 Å². The Hall–Kier alpha value is -0.380. The largest absolute Gasteiger partial charge is 0.401 e. The van der Waals surface area contributed by atoms with Gasteiger partial charge in [0.25, 0.3) is 10.2 Å². The van der Waals surface area contributed by atoms with Crippen molar-refractivity contribution in [3.63, 3.8) is 0 Å². The van der Waals surface area contributed by atoms with Crippen molar-refractivity contribution in [1.82, 2.24) is 13.9 Å². The molecule has 0 unspecified atom stereocenters. The number of halogens is 3. The van der Waals surface area contributed by atoms with Crippen molar-refractivity contribution in [2.24, 2.45) is 0 Å². The molecule has 1 aliphatic heterocycles. The van der Waals surface area contributed by atoms with E-state index in [2.05, 4.69) is 4.72 Å². The Bertz CT molecular complexity index is 381. The summed E-state index contributed by atoms with van der Waals surface area (Å²) in [5.41, 5.74) is 0. The Kier molecular flexibility index (Phi) is 6.70. The molecule has 0 radical (unpaired) electrons. The lowest BCUT2D eigenvalue weighted by atomic mass is 10.2. The van der Waals surface area contributed by atoms with Gasteiger partial charge in [-0.2, -0.15) is 25.9 Å². The molecule has 1 heterocycles. The quantitative estimate of drug-likeness (QED) is 0.718. The van der Waals surface area contributed by atoms with Crippen LogP contribution in [0.25, 0.3) is 0 Å². The van der Waals surface area contributed by atoms with Crippen LogP contribution in [0.1, 0.15) is 25.7 Å². The molecule has 0 saturated carbocycles. The van der Waals surface area contributed by atoms with Gasteiger partial charge < -0.3 is 0 Å². The number of nitrogens with one attached hydrogen (secondary N) is 1. The van der Waals surface area contributed by atoms with Crippen LogP contribution in [0.15, 0.2) is 0 Å². The summed E-state index contributed by atoms with van der Waals surface area (Å²) in [6, 6.07) is 0. The van der Waals surface area contributed by atoms with Crippen LogP contribution in [-0.4, -0.2) is 63.6 Å². The molecule has 0 amide bonds. The normalized spacial score (nSPS) is 18.6. The van der Waals surface area contributed by atoms with Gasteiger partial charge in [0.1, 0.15) is 0 Å². The van der Waals surface area contributed by atoms with Gasteiger partial charge in [-0.15, -0.1) is 0 Å². The number of alkyl halides is 3. The predicted octanol–water partition coefficient (Wildman–Crippen LogP) is 1.19. The molecular weight excluding hydrogens is 295 g/mol. The molecule has 1 aliphatic rings. The van der Waals surface area contributed by atoms with Gasteiger partial charge in [-0.05, 0) is 32.9 Å². The molecule has 1 saturated heterocycles. The van der Waals surface area contributed by atoms with Crippen LogP contribution in [0.4, 0.5) is 13.2 Å². The first-order valence-electron chi connectivity index (χ1n) is 6.71. The first kappa shape index (κ1) is 17.7. The van der Waals surface area contributed by atoms with Gasteiger partial charge in [0.15, 0.2) is 0 Å². The minimum Gasteiger partial charge on any atom is -0.298 e. The second-order valence-electron chi connectivity index (χ2n) is 5.07. The molecule has 1 N–H and O–H groups in total. The third-order valence-corrected chi connectivity index (χ3v) is 4.72. The highest BCUT2D eigenvalue weighted by Crippen LogP contribution is 2.15. The van der Waals surface area contributed by atoms with Crippen LogP contribution < -0.4 is 4.72 Å². The second-order valence-corrected chi connectivity index (χ2v) is 6.82. The average Bonchev–Trinajstić information content (AvgIpc) is 2.34. The Balaban J connectivity index is 2.23. The maximum absolute atomic E-state index is 12.1. The van der Waals surface area contributed by atoms with Gasteiger partial charge in [0.2, 0.25) is 0 Å². The molecule has 0 aromatic heterocycles. The SMILES string of the molecule is CN(CCCNS(=O)(=O)N1CCCCC1)CC(F)(F)F. The fraction of sp³-hybridized carbons (Fsp3) is 1.00. The number of hydrogen-bond acceptors (Lipinski definition) is 3. The summed E-state index contributed by atoms with van der Waals surface area (Å²) in [7, 11) is -2.11. The maximum atomic E-state index is 12.1. The van der Waals surface area contributed by atoms with E-state index in [-0.39, 0.29) is 13.1 Å². The molecular formula is C11H22F3N3O2S. The summed E-state index contributed by atoms with van der Waals surface area (Å²) in [5, 5.41) is 0. The van der Waals surface area contributed by atoms with E-state index in [0.29, 0.717) is 19.5 Å². The van der Waals surface area contributed by atoms with E-state index in [1.807, 2.05) is 0 Å². The van der Waals surface area contributed by atoms with Gasteiger partial charge in [-0.1, -0.05) is 6.42 Å². The molecule has 1 rings (SSSR count). The minimum atomic E-state index is -4.22. The first-order valence-corrected chi connectivity index (χ1v) is 8.15. The maximum Gasteiger partial charge on any atom is 0.401 e. The van der Waals surface area contributed by atoms with Gasteiger partial charge in [0, 0.05) is 19.6 Å². The Morgan fingerprint density at radius 1 is 1.20 bits per heavy atom. The van der Waals surface area contributed by atoms with E-state index >= 15 is 0 Å². The van der Waals surface area contributed by atoms with Crippen LogP contribution in [0, 0.1) is 0 Å². The van der Waals surface area contributed by atoms with Gasteiger partial charge in [0.05, 0.1) is 6.54 Å². The highest BCUT2D eigenvalue weighted by atomic mass is 32.2. The topological polar surface area (TPSA) is 52.7 Å². The number of hydrogen-bond donors (Lipinski definition) is 1. The van der Waals surface area contributed by atoms with Crippen molar-refractivity contribution in [2.45, 2.75) is 31.9 Å². The lowest BCUT2D eigenvalue weighted by Crippen LogP contribution is -2.44. The zero-order valence-corrected chi connectivity index (χ0v) is 12.4. The zero-order chi connectivity index (χ0) is 15.2. The summed E-state index contributed by atoms with van der Waals surface area (Å²) in [6.45, 7) is 0.404. The number of nitrogens with zero attached hydrogens (tertiary/aromatic N) is 2. The standard InChI is InChI=1S/C11H22F3N3O2S/c1-16(10-11(12,13)14)7-5-6-15-20(18,19)17-8-3-2-4-9-17/h15H,2-10H2,1H3. The van der Waals surface area contributed by atoms with E-state index in [0.717, 1.165) is 24.2 Å². The Morgan fingerprint density at radius 3 is 2.35 bits per heavy atom. The number of rotatable bonds is 7. The third kappa shape index (κ3) is 6.87. The zero-order valence-electron chi connectivity index (χ0n) is 11.6. The monoisotopic (exact) mass is 317 g/mol. The molecule has 0 aliphatic carbocycles. The van der Waals surface area contributed by atoms with Crippen LogP contribution in [0.3, 0.4) is 0 Å². The summed E-state index contributed by atoms with van der Waals surface area (Å²) < 4.78 is 63.9. The fourth-order valence-electron chi connectivity index (χ4n) is 2.13. The molecule has 0 atom stereocenters. The van der Waals surface area contributed by atoms with E-state index in [4.69, 9.17) is 0 Å². The van der Waals surface area contributed by atoms with E-state index < -0.39 is 22.9 Å². The van der Waals surface area contributed by atoms with Crippen molar-refractivity contribution in [1.29, 1.82) is 0 Å². The molecule has 0 aromatic carbocycles. The lowest BCUT2D eigenvalue weighted by molar-refractivity contribution is -0.143. The molecule has 120 valence electrons. The van der Waals surface area contributed by atoms with Crippen molar-refractivity contribution in [3.8, 4) is 0 Å². The van der Waals surface area contributed by atoms with Crippen molar-refractivity contribution < 1.29 is 21.6 Å². The van der Waals surface area contributed by atoms with Crippen LogP contribution >= 0.6 is 0 Å². The van der Waals surface area contributed by atoms with Crippen LogP contribution in [0.2, 0.25) is 0 Å². The second kappa shape index (κ2) is 7.58. The molecule has 0 spiro atoms. The van der Waals surface area contributed by atoms with Crippen LogP contribution in [-0.2, 0) is 10.2 Å². The smallest absolute Gasteiger partial charge is 0.298 e. The van der Waals surface area contributed by atoms with Gasteiger partial charge in [-0.25, -0.2) is 4.72 Å². The summed E-state index contributed by atoms with van der Waals surface area (Å²) >= 11 is 0. The van der Waals surface area contributed by atoms with Crippen molar-refractivity contribution >= 4 is 10.2 Å². The molecule has 9 heteroatoms. The lowest BCUT2D eigenvalue weighted by Gasteiger charge is -2.26. The van der Waals surface area contributed by atoms with E-state index in [1.165, 1.54) is 11.4 Å². The predicted molar refractivity (Wildman–Crippen MR) is 70.5 cm³/mol. The highest BCUT2D eigenvalue weighted by molar-refractivity contribution is 7.87. The van der Waals surface area contributed by atoms with Crippen molar-refractivity contribution in [2.75, 3.05) is 39.8 Å². The minimum absolute atomic E-state index is 0.154. The summed E-state index contributed by atoms with van der Waals surface area (Å²) in [5.74, 6) is 0. The number of piperidine rings is 1. The Morgan fingerprint density at radius 2 is 1.80 bits per heavy atom. The molecule has 0 aromatic rings. The first-order chi connectivity index (χ1) is 9.21. The van der Waals surface area contributed by atoms with Crippen LogP contribution in [0.5, 0.6) is 0 Å². The molecule has 20 heavy (non-hydrogen) atoms. The summed E-state index contributed by atoms with van der Waals surface area (Å²) in [4.78, 5) is 1.13. The highest BCUT2D eigenvalue weighted by Gasteiger charge is 2.29. The average molecular weight is 317 g/mol.